The van der Waals surface area contributed by atoms with E-state index in [1.807, 2.05) is 42.8 Å². The second-order valence-electron chi connectivity index (χ2n) is 7.58. The zero-order valence-electron chi connectivity index (χ0n) is 17.2. The summed E-state index contributed by atoms with van der Waals surface area (Å²) in [6.07, 6.45) is 3.60. The molecule has 0 fully saturated rings. The molecule has 0 unspecified atom stereocenters. The van der Waals surface area contributed by atoms with E-state index in [0.717, 1.165) is 15.6 Å². The fourth-order valence-corrected chi connectivity index (χ4v) is 4.91. The quantitative estimate of drug-likeness (QED) is 0.458. The second-order valence-corrected chi connectivity index (χ2v) is 8.67. The van der Waals surface area contributed by atoms with Crippen molar-refractivity contribution in [2.45, 2.75) is 26.9 Å². The number of methoxy groups -OCH3 is 1. The molecule has 0 radical (unpaired) electrons. The van der Waals surface area contributed by atoms with Crippen molar-refractivity contribution < 1.29 is 9.53 Å². The van der Waals surface area contributed by atoms with Gasteiger partial charge in [0.15, 0.2) is 0 Å². The van der Waals surface area contributed by atoms with Crippen LogP contribution in [0.2, 0.25) is 0 Å². The van der Waals surface area contributed by atoms with Crippen LogP contribution in [0.25, 0.3) is 21.3 Å². The summed E-state index contributed by atoms with van der Waals surface area (Å²) in [7, 11) is 2.72. The van der Waals surface area contributed by atoms with Gasteiger partial charge in [-0.25, -0.2) is 14.6 Å². The molecule has 0 bridgehead atoms. The summed E-state index contributed by atoms with van der Waals surface area (Å²) in [5.74, 6) is -0.402. The van der Waals surface area contributed by atoms with Crippen molar-refractivity contribution in [3.8, 4) is 0 Å². The molecule has 0 aliphatic carbocycles. The number of esters is 1. The number of hydrogen-bond donors (Lipinski definition) is 0. The molecule has 4 aromatic heterocycles. The summed E-state index contributed by atoms with van der Waals surface area (Å²) in [5.41, 5.74) is 0.110. The van der Waals surface area contributed by atoms with Crippen LogP contribution in [0.15, 0.2) is 40.2 Å². The van der Waals surface area contributed by atoms with Crippen LogP contribution >= 0.6 is 11.3 Å². The third-order valence-corrected chi connectivity index (χ3v) is 6.22. The van der Waals surface area contributed by atoms with Crippen molar-refractivity contribution in [1.29, 1.82) is 0 Å². The Morgan fingerprint density at radius 1 is 1.27 bits per heavy atom. The van der Waals surface area contributed by atoms with Crippen LogP contribution in [0.1, 0.15) is 29.1 Å². The number of carbonyl (C=O) groups excluding carboxylic acids is 1. The highest BCUT2D eigenvalue weighted by Crippen LogP contribution is 2.31. The normalized spacial score (nSPS) is 11.6. The van der Waals surface area contributed by atoms with Crippen molar-refractivity contribution >= 4 is 38.6 Å². The Bertz CT molecular complexity index is 1390. The molecule has 0 amide bonds. The van der Waals surface area contributed by atoms with Crippen LogP contribution in [0.5, 0.6) is 0 Å². The number of carbonyl (C=O) groups is 1. The third-order valence-electron chi connectivity index (χ3n) is 5.02. The van der Waals surface area contributed by atoms with Gasteiger partial charge in [-0.1, -0.05) is 13.8 Å². The van der Waals surface area contributed by atoms with E-state index in [-0.39, 0.29) is 16.9 Å². The number of thiophene rings is 1. The van der Waals surface area contributed by atoms with E-state index >= 15 is 0 Å². The average molecular weight is 426 g/mol. The van der Waals surface area contributed by atoms with Gasteiger partial charge in [-0.3, -0.25) is 13.9 Å². The SMILES string of the molecule is COC(=O)c1c(Cn2ccc3cccnc32)sc2c1c(=O)n(C)c(=O)n2CC(C)C. The van der Waals surface area contributed by atoms with Crippen LogP contribution in [-0.2, 0) is 24.9 Å². The van der Waals surface area contributed by atoms with Crippen molar-refractivity contribution in [3.05, 3.63) is 61.9 Å². The number of aromatic nitrogens is 4. The lowest BCUT2D eigenvalue weighted by Gasteiger charge is -2.11. The second kappa shape index (κ2) is 7.56. The molecule has 156 valence electrons. The van der Waals surface area contributed by atoms with Gasteiger partial charge in [0.05, 0.1) is 24.6 Å². The van der Waals surface area contributed by atoms with E-state index in [2.05, 4.69) is 4.98 Å². The minimum Gasteiger partial charge on any atom is -0.465 e. The van der Waals surface area contributed by atoms with Gasteiger partial charge in [-0.2, -0.15) is 0 Å². The summed E-state index contributed by atoms with van der Waals surface area (Å²) >= 11 is 1.28. The highest BCUT2D eigenvalue weighted by Gasteiger charge is 2.26. The molecule has 0 saturated heterocycles. The van der Waals surface area contributed by atoms with Gasteiger partial charge in [0.1, 0.15) is 10.5 Å². The van der Waals surface area contributed by atoms with Crippen LogP contribution in [0.3, 0.4) is 0 Å². The minimum absolute atomic E-state index is 0.188. The lowest BCUT2D eigenvalue weighted by atomic mass is 10.1. The molecule has 4 heterocycles. The van der Waals surface area contributed by atoms with Crippen molar-refractivity contribution in [1.82, 2.24) is 18.7 Å². The van der Waals surface area contributed by atoms with Gasteiger partial charge in [0, 0.05) is 36.2 Å². The van der Waals surface area contributed by atoms with E-state index < -0.39 is 17.2 Å². The Kier molecular flexibility index (Phi) is 5.07. The van der Waals surface area contributed by atoms with Gasteiger partial charge in [-0.15, -0.1) is 11.3 Å². The zero-order valence-corrected chi connectivity index (χ0v) is 18.0. The Hall–Kier alpha value is -3.20. The highest BCUT2D eigenvalue weighted by molar-refractivity contribution is 7.19. The largest absolute Gasteiger partial charge is 0.465 e. The first kappa shape index (κ1) is 20.1. The van der Waals surface area contributed by atoms with E-state index in [1.54, 1.807) is 10.8 Å². The molecular formula is C21H22N4O4S. The summed E-state index contributed by atoms with van der Waals surface area (Å²) < 4.78 is 9.56. The summed E-state index contributed by atoms with van der Waals surface area (Å²) in [6.45, 7) is 4.77. The topological polar surface area (TPSA) is 88.1 Å². The van der Waals surface area contributed by atoms with Crippen molar-refractivity contribution in [3.63, 3.8) is 0 Å². The zero-order chi connectivity index (χ0) is 21.6. The van der Waals surface area contributed by atoms with Crippen molar-refractivity contribution in [2.75, 3.05) is 7.11 Å². The molecule has 0 spiro atoms. The summed E-state index contributed by atoms with van der Waals surface area (Å²) in [6, 6.07) is 5.77. The molecule has 8 nitrogen and oxygen atoms in total. The highest BCUT2D eigenvalue weighted by atomic mass is 32.1. The fourth-order valence-electron chi connectivity index (χ4n) is 3.63. The van der Waals surface area contributed by atoms with E-state index in [9.17, 15) is 14.4 Å². The van der Waals surface area contributed by atoms with Gasteiger partial charge >= 0.3 is 11.7 Å². The van der Waals surface area contributed by atoms with Crippen LogP contribution in [0, 0.1) is 5.92 Å². The average Bonchev–Trinajstić information content (AvgIpc) is 3.31. The third kappa shape index (κ3) is 3.15. The van der Waals surface area contributed by atoms with Gasteiger partial charge in [-0.05, 0) is 24.1 Å². The maximum atomic E-state index is 13.0. The number of nitrogens with zero attached hydrogens (tertiary/aromatic N) is 4. The first-order valence-corrected chi connectivity index (χ1v) is 10.4. The van der Waals surface area contributed by atoms with Gasteiger partial charge < -0.3 is 9.30 Å². The molecule has 0 aromatic carbocycles. The smallest absolute Gasteiger partial charge is 0.339 e. The van der Waals surface area contributed by atoms with E-state index in [0.29, 0.717) is 22.8 Å². The van der Waals surface area contributed by atoms with Gasteiger partial charge in [0.2, 0.25) is 0 Å². The predicted molar refractivity (Wildman–Crippen MR) is 116 cm³/mol. The monoisotopic (exact) mass is 426 g/mol. The molecule has 0 N–H and O–H groups in total. The number of pyridine rings is 1. The van der Waals surface area contributed by atoms with Crippen molar-refractivity contribution in [2.24, 2.45) is 13.0 Å². The number of ether oxygens (including phenoxy) is 1. The Labute approximate surface area is 176 Å². The molecule has 0 saturated carbocycles. The Morgan fingerprint density at radius 2 is 2.03 bits per heavy atom. The molecule has 0 aliphatic heterocycles. The predicted octanol–water partition coefficient (Wildman–Crippen LogP) is 2.60. The van der Waals surface area contributed by atoms with Crippen LogP contribution in [0.4, 0.5) is 0 Å². The molecule has 4 rings (SSSR count). The molecule has 30 heavy (non-hydrogen) atoms. The lowest BCUT2D eigenvalue weighted by Crippen LogP contribution is -2.38. The maximum Gasteiger partial charge on any atom is 0.339 e. The van der Waals surface area contributed by atoms with E-state index in [4.69, 9.17) is 4.74 Å². The lowest BCUT2D eigenvalue weighted by molar-refractivity contribution is 0.0602. The maximum absolute atomic E-state index is 13.0. The summed E-state index contributed by atoms with van der Waals surface area (Å²) in [4.78, 5) is 44.1. The number of fused-ring (bicyclic) bond motifs is 2. The first-order valence-electron chi connectivity index (χ1n) is 9.56. The Balaban J connectivity index is 2.02. The molecule has 0 atom stereocenters. The number of rotatable bonds is 5. The minimum atomic E-state index is -0.590. The molecule has 0 aliphatic rings. The van der Waals surface area contributed by atoms with Crippen LogP contribution < -0.4 is 11.2 Å². The van der Waals surface area contributed by atoms with Gasteiger partial charge in [0.25, 0.3) is 5.56 Å². The van der Waals surface area contributed by atoms with Crippen LogP contribution in [-0.4, -0.2) is 31.8 Å². The first-order chi connectivity index (χ1) is 14.3. The van der Waals surface area contributed by atoms with E-state index in [1.165, 1.54) is 25.5 Å². The summed E-state index contributed by atoms with van der Waals surface area (Å²) in [5, 5.41) is 1.21. The Morgan fingerprint density at radius 3 is 2.73 bits per heavy atom. The molecule has 9 heteroatoms. The number of hydrogen-bond acceptors (Lipinski definition) is 6. The fraction of sp³-hybridized carbons (Fsp3) is 0.333. The molecular weight excluding hydrogens is 404 g/mol. The molecule has 4 aromatic rings. The standard InChI is InChI=1S/C21H22N4O4S/c1-12(2)10-25-19-16(18(26)23(3)21(25)28)15(20(27)29-4)14(30-19)11-24-9-7-13-6-5-8-22-17(13)24/h5-9,12H,10-11H2,1-4H3.